The Morgan fingerprint density at radius 3 is 3.00 bits per heavy atom. The molecule has 0 aliphatic carbocycles. The Bertz CT molecular complexity index is 315. The van der Waals surface area contributed by atoms with Crippen molar-refractivity contribution >= 4 is 22.2 Å². The average Bonchev–Trinajstić information content (AvgIpc) is 2.26. The van der Waals surface area contributed by atoms with Crippen molar-refractivity contribution in [2.45, 2.75) is 25.6 Å². The normalized spacial score (nSPS) is 37.7. The molecule has 2 aliphatic heterocycles. The number of carbonyl (C=O) groups is 2. The van der Waals surface area contributed by atoms with Crippen molar-refractivity contribution in [1.29, 1.82) is 0 Å². The molecule has 1 N–H and O–H groups in total. The number of fused-ring (bicyclic) bond motifs is 1. The van der Waals surface area contributed by atoms with E-state index in [-0.39, 0.29) is 16.5 Å². The number of hydrogen-bond acceptors (Lipinski definition) is 3. The molecule has 0 bridgehead atoms. The molecular formula is C8H10N2O2S. The minimum absolute atomic E-state index is 0.0607. The maximum absolute atomic E-state index is 11.5. The summed E-state index contributed by atoms with van der Waals surface area (Å²) in [6.45, 7) is 3.75. The zero-order chi connectivity index (χ0) is 9.64. The van der Waals surface area contributed by atoms with Gasteiger partial charge in [-0.05, 0) is 19.9 Å². The first-order valence-corrected chi connectivity index (χ1v) is 4.87. The Morgan fingerprint density at radius 1 is 1.62 bits per heavy atom. The van der Waals surface area contributed by atoms with Gasteiger partial charge in [0.2, 0.25) is 0 Å². The standard InChI is InChI=1S/C8H10N2O2S/c1-5-3-4-8(2)9-6(11)13-7(12)10(5)8/h3-5H,1-2H3,(H,9,11)/t5-,8-/m0/s1. The smallest absolute Gasteiger partial charge is 0.293 e. The molecule has 4 nitrogen and oxygen atoms in total. The first kappa shape index (κ1) is 8.62. The summed E-state index contributed by atoms with van der Waals surface area (Å²) < 4.78 is 0. The maximum atomic E-state index is 11.5. The van der Waals surface area contributed by atoms with Crippen molar-refractivity contribution in [3.8, 4) is 0 Å². The fourth-order valence-electron chi connectivity index (χ4n) is 1.73. The first-order valence-electron chi connectivity index (χ1n) is 4.05. The summed E-state index contributed by atoms with van der Waals surface area (Å²) in [5.74, 6) is 0. The molecule has 0 aromatic heterocycles. The Labute approximate surface area is 80.3 Å². The minimum Gasteiger partial charge on any atom is -0.320 e. The van der Waals surface area contributed by atoms with Crippen LogP contribution in [0.5, 0.6) is 0 Å². The van der Waals surface area contributed by atoms with Crippen LogP contribution in [-0.2, 0) is 0 Å². The third kappa shape index (κ3) is 1.14. The van der Waals surface area contributed by atoms with Crippen LogP contribution in [-0.4, -0.2) is 27.1 Å². The number of nitrogens with zero attached hydrogens (tertiary/aromatic N) is 1. The molecule has 2 atom stereocenters. The molecule has 0 unspecified atom stereocenters. The molecule has 5 heteroatoms. The van der Waals surface area contributed by atoms with Crippen molar-refractivity contribution in [2.75, 3.05) is 0 Å². The second kappa shape index (κ2) is 2.51. The van der Waals surface area contributed by atoms with Crippen LogP contribution in [0.4, 0.5) is 9.59 Å². The van der Waals surface area contributed by atoms with E-state index in [1.165, 1.54) is 0 Å². The molecular weight excluding hydrogens is 188 g/mol. The van der Waals surface area contributed by atoms with Gasteiger partial charge in [-0.3, -0.25) is 9.59 Å². The number of carbonyl (C=O) groups excluding carboxylic acids is 2. The quantitative estimate of drug-likeness (QED) is 0.601. The molecule has 70 valence electrons. The number of rotatable bonds is 0. The van der Waals surface area contributed by atoms with E-state index in [4.69, 9.17) is 0 Å². The molecule has 0 aromatic carbocycles. The zero-order valence-electron chi connectivity index (χ0n) is 7.40. The molecule has 1 fully saturated rings. The SMILES string of the molecule is C[C@H]1C=C[C@@]2(C)NC(=O)SC(=O)N12. The highest BCUT2D eigenvalue weighted by Crippen LogP contribution is 2.33. The molecule has 2 heterocycles. The largest absolute Gasteiger partial charge is 0.320 e. The fraction of sp³-hybridized carbons (Fsp3) is 0.500. The van der Waals surface area contributed by atoms with Crippen LogP contribution in [0.1, 0.15) is 13.8 Å². The number of nitrogens with one attached hydrogen (secondary N) is 1. The van der Waals surface area contributed by atoms with Gasteiger partial charge >= 0.3 is 0 Å². The number of thioether (sulfide) groups is 1. The van der Waals surface area contributed by atoms with Gasteiger partial charge in [0.1, 0.15) is 5.66 Å². The monoisotopic (exact) mass is 198 g/mol. The molecule has 0 radical (unpaired) electrons. The second-order valence-electron chi connectivity index (χ2n) is 3.40. The highest BCUT2D eigenvalue weighted by molar-refractivity contribution is 8.26. The van der Waals surface area contributed by atoms with Gasteiger partial charge in [-0.25, -0.2) is 0 Å². The van der Waals surface area contributed by atoms with E-state index < -0.39 is 5.66 Å². The van der Waals surface area contributed by atoms with E-state index in [2.05, 4.69) is 5.32 Å². The van der Waals surface area contributed by atoms with Crippen molar-refractivity contribution in [2.24, 2.45) is 0 Å². The third-order valence-electron chi connectivity index (χ3n) is 2.34. The molecule has 2 aliphatic rings. The Morgan fingerprint density at radius 2 is 2.31 bits per heavy atom. The van der Waals surface area contributed by atoms with Crippen LogP contribution >= 0.6 is 11.8 Å². The van der Waals surface area contributed by atoms with E-state index >= 15 is 0 Å². The molecule has 0 saturated carbocycles. The van der Waals surface area contributed by atoms with E-state index in [0.29, 0.717) is 11.8 Å². The fourth-order valence-corrected chi connectivity index (χ4v) is 2.60. The van der Waals surface area contributed by atoms with E-state index in [9.17, 15) is 9.59 Å². The first-order chi connectivity index (χ1) is 6.03. The predicted molar refractivity (Wildman–Crippen MR) is 50.4 cm³/mol. The van der Waals surface area contributed by atoms with E-state index in [0.717, 1.165) is 0 Å². The Kier molecular flexibility index (Phi) is 1.66. The van der Waals surface area contributed by atoms with Gasteiger partial charge in [0, 0.05) is 11.8 Å². The highest BCUT2D eigenvalue weighted by Gasteiger charge is 2.45. The van der Waals surface area contributed by atoms with Gasteiger partial charge in [-0.15, -0.1) is 0 Å². The van der Waals surface area contributed by atoms with Crippen LogP contribution < -0.4 is 5.32 Å². The summed E-state index contributed by atoms with van der Waals surface area (Å²) in [5.41, 5.74) is -0.612. The number of hydrogen-bond donors (Lipinski definition) is 1. The van der Waals surface area contributed by atoms with Gasteiger partial charge < -0.3 is 10.2 Å². The van der Waals surface area contributed by atoms with Crippen LogP contribution in [0.25, 0.3) is 0 Å². The van der Waals surface area contributed by atoms with Crippen LogP contribution in [0.3, 0.4) is 0 Å². The topological polar surface area (TPSA) is 49.4 Å². The van der Waals surface area contributed by atoms with Crippen LogP contribution in [0.15, 0.2) is 12.2 Å². The third-order valence-corrected chi connectivity index (χ3v) is 3.00. The van der Waals surface area contributed by atoms with Crippen molar-refractivity contribution in [1.82, 2.24) is 10.2 Å². The molecule has 0 aromatic rings. The van der Waals surface area contributed by atoms with E-state index in [1.54, 1.807) is 4.90 Å². The Balaban J connectivity index is 2.36. The predicted octanol–water partition coefficient (Wildman–Crippen LogP) is 1.54. The molecule has 1 saturated heterocycles. The van der Waals surface area contributed by atoms with Gasteiger partial charge in [-0.1, -0.05) is 6.08 Å². The maximum Gasteiger partial charge on any atom is 0.293 e. The van der Waals surface area contributed by atoms with Crippen LogP contribution in [0.2, 0.25) is 0 Å². The summed E-state index contributed by atoms with van der Waals surface area (Å²) in [5, 5.41) is 2.31. The van der Waals surface area contributed by atoms with Gasteiger partial charge in [0.15, 0.2) is 0 Å². The van der Waals surface area contributed by atoms with Crippen LogP contribution in [0, 0.1) is 0 Å². The number of amides is 2. The molecule has 0 spiro atoms. The molecule has 2 amide bonds. The second-order valence-corrected chi connectivity index (χ2v) is 4.32. The summed E-state index contributed by atoms with van der Waals surface area (Å²) in [7, 11) is 0. The average molecular weight is 198 g/mol. The van der Waals surface area contributed by atoms with Crippen molar-refractivity contribution < 1.29 is 9.59 Å². The van der Waals surface area contributed by atoms with Gasteiger partial charge in [-0.2, -0.15) is 0 Å². The lowest BCUT2D eigenvalue weighted by atomic mass is 10.2. The lowest BCUT2D eigenvalue weighted by Crippen LogP contribution is -2.61. The molecule has 13 heavy (non-hydrogen) atoms. The van der Waals surface area contributed by atoms with Crippen molar-refractivity contribution in [3.63, 3.8) is 0 Å². The minimum atomic E-state index is -0.612. The highest BCUT2D eigenvalue weighted by atomic mass is 32.2. The molecule has 2 rings (SSSR count). The lowest BCUT2D eigenvalue weighted by molar-refractivity contribution is 0.150. The Hall–Kier alpha value is -0.970. The lowest BCUT2D eigenvalue weighted by Gasteiger charge is -2.40. The summed E-state index contributed by atoms with van der Waals surface area (Å²) >= 11 is 0.717. The summed E-state index contributed by atoms with van der Waals surface area (Å²) in [6.07, 6.45) is 3.78. The zero-order valence-corrected chi connectivity index (χ0v) is 8.22. The summed E-state index contributed by atoms with van der Waals surface area (Å²) in [6, 6.07) is 0.0607. The van der Waals surface area contributed by atoms with Gasteiger partial charge in [0.25, 0.3) is 10.5 Å². The summed E-state index contributed by atoms with van der Waals surface area (Å²) in [4.78, 5) is 24.3. The van der Waals surface area contributed by atoms with Gasteiger partial charge in [0.05, 0.1) is 6.04 Å². The van der Waals surface area contributed by atoms with Crippen molar-refractivity contribution in [3.05, 3.63) is 12.2 Å². The van der Waals surface area contributed by atoms with E-state index in [1.807, 2.05) is 26.0 Å².